The summed E-state index contributed by atoms with van der Waals surface area (Å²) in [6, 6.07) is 15.8. The summed E-state index contributed by atoms with van der Waals surface area (Å²) in [6.07, 6.45) is 4.17. The highest BCUT2D eigenvalue weighted by molar-refractivity contribution is 7.98. The summed E-state index contributed by atoms with van der Waals surface area (Å²) < 4.78 is 1.74. The monoisotopic (exact) mass is 407 g/mol. The predicted octanol–water partition coefficient (Wildman–Crippen LogP) is 2.68. The minimum atomic E-state index is -0.391. The Morgan fingerprint density at radius 3 is 2.46 bits per heavy atom. The number of hydrogen-bond acceptors (Lipinski definition) is 6. The molecule has 0 saturated carbocycles. The maximum Gasteiger partial charge on any atom is 0.296 e. The quantitative estimate of drug-likeness (QED) is 0.487. The number of thiazole rings is 1. The molecule has 0 aliphatic heterocycles. The van der Waals surface area contributed by atoms with Gasteiger partial charge in [-0.1, -0.05) is 53.3 Å². The van der Waals surface area contributed by atoms with Crippen molar-refractivity contribution in [3.63, 3.8) is 0 Å². The minimum absolute atomic E-state index is 0.258. The Hall–Kier alpha value is -2.77. The summed E-state index contributed by atoms with van der Waals surface area (Å²) >= 11 is 2.84. The fourth-order valence-electron chi connectivity index (χ4n) is 2.80. The Balaban J connectivity index is 1.76. The molecule has 4 rings (SSSR count). The molecule has 0 spiro atoms. The van der Waals surface area contributed by atoms with E-state index in [0.717, 1.165) is 21.6 Å². The number of hydrogen-bond donors (Lipinski definition) is 0. The summed E-state index contributed by atoms with van der Waals surface area (Å²) in [5.41, 5.74) is 2.65. The van der Waals surface area contributed by atoms with Crippen molar-refractivity contribution in [2.24, 2.45) is 0 Å². The highest BCUT2D eigenvalue weighted by Crippen LogP contribution is 2.15. The second-order valence-corrected chi connectivity index (χ2v) is 8.30. The van der Waals surface area contributed by atoms with E-state index in [9.17, 15) is 9.59 Å². The van der Waals surface area contributed by atoms with Crippen molar-refractivity contribution in [3.05, 3.63) is 96.2 Å². The molecule has 7 heteroatoms. The van der Waals surface area contributed by atoms with Crippen LogP contribution in [0.1, 0.15) is 22.4 Å². The fraction of sp³-hybridized carbons (Fsp3) is 0.143. The molecule has 28 heavy (non-hydrogen) atoms. The molecular formula is C21H17N3O2S2. The lowest BCUT2D eigenvalue weighted by Crippen LogP contribution is -2.28. The standard InChI is InChI=1S/C21H17N3O2S2/c1-13-3-5-14(6-4-13)11-17-19(25)22-21-24(23-17)20(26)18(28-21)12-15-7-9-16(27-2)10-8-15/h3-10,12H,11H2,1-2H3/b18-12-. The Bertz CT molecular complexity index is 1310. The molecule has 2 aromatic carbocycles. The molecule has 0 radical (unpaired) electrons. The molecule has 0 amide bonds. The smallest absolute Gasteiger partial charge is 0.266 e. The van der Waals surface area contributed by atoms with E-state index in [2.05, 4.69) is 10.1 Å². The molecule has 0 atom stereocenters. The van der Waals surface area contributed by atoms with Crippen molar-refractivity contribution in [2.45, 2.75) is 18.2 Å². The first-order valence-corrected chi connectivity index (χ1v) is 10.7. The van der Waals surface area contributed by atoms with Gasteiger partial charge in [0.2, 0.25) is 4.96 Å². The van der Waals surface area contributed by atoms with Gasteiger partial charge in [0.15, 0.2) is 0 Å². The molecule has 0 N–H and O–H groups in total. The van der Waals surface area contributed by atoms with Gasteiger partial charge in [-0.15, -0.1) is 11.8 Å². The lowest BCUT2D eigenvalue weighted by Gasteiger charge is -2.01. The van der Waals surface area contributed by atoms with Gasteiger partial charge < -0.3 is 0 Å². The van der Waals surface area contributed by atoms with Crippen molar-refractivity contribution in [3.8, 4) is 0 Å². The number of nitrogens with zero attached hydrogens (tertiary/aromatic N) is 3. The predicted molar refractivity (Wildman–Crippen MR) is 114 cm³/mol. The molecule has 5 nitrogen and oxygen atoms in total. The third-order valence-electron chi connectivity index (χ3n) is 4.36. The van der Waals surface area contributed by atoms with Crippen molar-refractivity contribution in [1.82, 2.24) is 14.6 Å². The first-order valence-electron chi connectivity index (χ1n) is 8.67. The van der Waals surface area contributed by atoms with E-state index >= 15 is 0 Å². The van der Waals surface area contributed by atoms with Crippen molar-refractivity contribution in [1.29, 1.82) is 0 Å². The number of rotatable bonds is 4. The molecule has 2 heterocycles. The van der Waals surface area contributed by atoms with Gasteiger partial charge in [0.25, 0.3) is 11.1 Å². The van der Waals surface area contributed by atoms with E-state index in [1.807, 2.05) is 61.7 Å². The Labute approximate surface area is 169 Å². The maximum atomic E-state index is 12.8. The second kappa shape index (κ2) is 7.69. The van der Waals surface area contributed by atoms with Crippen molar-refractivity contribution >= 4 is 34.1 Å². The summed E-state index contributed by atoms with van der Waals surface area (Å²) in [5.74, 6) is 0. The van der Waals surface area contributed by atoms with Crippen molar-refractivity contribution < 1.29 is 0 Å². The summed E-state index contributed by atoms with van der Waals surface area (Å²) in [5, 5.41) is 4.30. The first kappa shape index (κ1) is 18.6. The molecule has 0 saturated heterocycles. The molecule has 4 aromatic rings. The normalized spacial score (nSPS) is 12.0. The third kappa shape index (κ3) is 3.76. The Morgan fingerprint density at radius 2 is 1.79 bits per heavy atom. The summed E-state index contributed by atoms with van der Waals surface area (Å²) in [6.45, 7) is 2.01. The summed E-state index contributed by atoms with van der Waals surface area (Å²) in [7, 11) is 0. The van der Waals surface area contributed by atoms with Gasteiger partial charge in [-0.3, -0.25) is 9.59 Å². The van der Waals surface area contributed by atoms with Gasteiger partial charge in [-0.2, -0.15) is 14.6 Å². The van der Waals surface area contributed by atoms with Crippen LogP contribution in [0.4, 0.5) is 0 Å². The van der Waals surface area contributed by atoms with Crippen LogP contribution in [0.5, 0.6) is 0 Å². The number of thioether (sulfide) groups is 1. The molecule has 0 aliphatic rings. The van der Waals surface area contributed by atoms with Crippen LogP contribution in [0.3, 0.4) is 0 Å². The molecule has 0 bridgehead atoms. The molecule has 0 unspecified atom stereocenters. The number of fused-ring (bicyclic) bond motifs is 1. The average molecular weight is 408 g/mol. The molecular weight excluding hydrogens is 390 g/mol. The van der Waals surface area contributed by atoms with Crippen LogP contribution < -0.4 is 15.7 Å². The van der Waals surface area contributed by atoms with E-state index in [4.69, 9.17) is 0 Å². The number of benzene rings is 2. The van der Waals surface area contributed by atoms with E-state index in [-0.39, 0.29) is 11.3 Å². The topological polar surface area (TPSA) is 64.3 Å². The van der Waals surface area contributed by atoms with Crippen LogP contribution >= 0.6 is 23.1 Å². The van der Waals surface area contributed by atoms with Crippen LogP contribution in [0.15, 0.2) is 63.0 Å². The van der Waals surface area contributed by atoms with Crippen LogP contribution in [0.2, 0.25) is 0 Å². The second-order valence-electron chi connectivity index (χ2n) is 6.41. The average Bonchev–Trinajstić information content (AvgIpc) is 2.99. The maximum absolute atomic E-state index is 12.8. The van der Waals surface area contributed by atoms with E-state index in [1.165, 1.54) is 15.9 Å². The van der Waals surface area contributed by atoms with Gasteiger partial charge in [-0.25, -0.2) is 0 Å². The minimum Gasteiger partial charge on any atom is -0.266 e. The first-order chi connectivity index (χ1) is 13.5. The highest BCUT2D eigenvalue weighted by atomic mass is 32.2. The SMILES string of the molecule is CSc1ccc(/C=c2\sc3nc(=O)c(Cc4ccc(C)cc4)nn3c2=O)cc1. The van der Waals surface area contributed by atoms with Crippen LogP contribution in [-0.2, 0) is 6.42 Å². The lowest BCUT2D eigenvalue weighted by molar-refractivity contribution is 0.811. The van der Waals surface area contributed by atoms with Gasteiger partial charge in [0, 0.05) is 11.3 Å². The van der Waals surface area contributed by atoms with E-state index in [1.54, 1.807) is 17.8 Å². The Morgan fingerprint density at radius 1 is 1.07 bits per heavy atom. The lowest BCUT2D eigenvalue weighted by atomic mass is 10.1. The van der Waals surface area contributed by atoms with E-state index < -0.39 is 5.56 Å². The Kier molecular flexibility index (Phi) is 5.11. The summed E-state index contributed by atoms with van der Waals surface area (Å²) in [4.78, 5) is 30.7. The molecule has 0 aliphatic carbocycles. The molecule has 0 fully saturated rings. The molecule has 2 aromatic heterocycles. The van der Waals surface area contributed by atoms with Gasteiger partial charge in [0.1, 0.15) is 5.69 Å². The number of aromatic nitrogens is 3. The highest BCUT2D eigenvalue weighted by Gasteiger charge is 2.11. The zero-order valence-electron chi connectivity index (χ0n) is 15.4. The van der Waals surface area contributed by atoms with Gasteiger partial charge in [0.05, 0.1) is 4.53 Å². The van der Waals surface area contributed by atoms with Crippen LogP contribution in [0.25, 0.3) is 11.0 Å². The van der Waals surface area contributed by atoms with Crippen LogP contribution in [-0.4, -0.2) is 20.9 Å². The van der Waals surface area contributed by atoms with E-state index in [0.29, 0.717) is 15.9 Å². The third-order valence-corrected chi connectivity index (χ3v) is 6.06. The largest absolute Gasteiger partial charge is 0.296 e. The van der Waals surface area contributed by atoms with Crippen LogP contribution in [0, 0.1) is 6.92 Å². The van der Waals surface area contributed by atoms with Crippen molar-refractivity contribution in [2.75, 3.05) is 6.26 Å². The zero-order valence-corrected chi connectivity index (χ0v) is 17.0. The fourth-order valence-corrected chi connectivity index (χ4v) is 4.12. The van der Waals surface area contributed by atoms with Gasteiger partial charge in [-0.05, 0) is 42.5 Å². The number of aryl methyl sites for hydroxylation is 1. The molecule has 140 valence electrons. The van der Waals surface area contributed by atoms with Gasteiger partial charge >= 0.3 is 0 Å². The zero-order chi connectivity index (χ0) is 19.7.